The van der Waals surface area contributed by atoms with E-state index in [1.807, 2.05) is 54.2 Å². The quantitative estimate of drug-likeness (QED) is 0.609. The number of hydrogen-bond donors (Lipinski definition) is 2. The first kappa shape index (κ1) is 14.2. The van der Waals surface area contributed by atoms with Crippen LogP contribution in [0.3, 0.4) is 0 Å². The summed E-state index contributed by atoms with van der Waals surface area (Å²) >= 11 is 0. The van der Waals surface area contributed by atoms with Crippen molar-refractivity contribution in [1.82, 2.24) is 19.7 Å². The molecule has 1 aromatic carbocycles. The van der Waals surface area contributed by atoms with Crippen LogP contribution in [0.15, 0.2) is 61.1 Å². The molecule has 24 heavy (non-hydrogen) atoms. The lowest BCUT2D eigenvalue weighted by Crippen LogP contribution is -2.12. The van der Waals surface area contributed by atoms with Crippen LogP contribution >= 0.6 is 0 Å². The zero-order chi connectivity index (χ0) is 16.5. The van der Waals surface area contributed by atoms with Crippen molar-refractivity contribution in [3.63, 3.8) is 0 Å². The minimum Gasteiger partial charge on any atom is -0.350 e. The fourth-order valence-corrected chi connectivity index (χ4v) is 2.70. The minimum atomic E-state index is -0.228. The van der Waals surface area contributed by atoms with Gasteiger partial charge in [0.05, 0.1) is 11.4 Å². The smallest absolute Gasteiger partial charge is 0.273 e. The number of carbonyl (C=O) groups is 1. The van der Waals surface area contributed by atoms with E-state index < -0.39 is 0 Å². The van der Waals surface area contributed by atoms with Crippen LogP contribution in [0.1, 0.15) is 10.5 Å². The molecular formula is C18H15N5O. The summed E-state index contributed by atoms with van der Waals surface area (Å²) in [4.78, 5) is 16.6. The van der Waals surface area contributed by atoms with Gasteiger partial charge in [-0.2, -0.15) is 5.10 Å². The molecule has 0 aliphatic rings. The number of aromatic amines is 1. The lowest BCUT2D eigenvalue weighted by molar-refractivity contribution is 0.102. The topological polar surface area (TPSA) is 75.6 Å². The predicted molar refractivity (Wildman–Crippen MR) is 92.7 cm³/mol. The van der Waals surface area contributed by atoms with Gasteiger partial charge >= 0.3 is 0 Å². The normalized spacial score (nSPS) is 10.9. The van der Waals surface area contributed by atoms with Gasteiger partial charge in [-0.15, -0.1) is 0 Å². The number of nitrogens with one attached hydrogen (secondary N) is 2. The van der Waals surface area contributed by atoms with Crippen molar-refractivity contribution in [3.8, 4) is 11.3 Å². The zero-order valence-corrected chi connectivity index (χ0v) is 13.0. The summed E-state index contributed by atoms with van der Waals surface area (Å²) in [5, 5.41) is 10.9. The van der Waals surface area contributed by atoms with Gasteiger partial charge in [0.1, 0.15) is 5.69 Å². The second kappa shape index (κ2) is 5.66. The van der Waals surface area contributed by atoms with Gasteiger partial charge in [0.25, 0.3) is 5.91 Å². The summed E-state index contributed by atoms with van der Waals surface area (Å²) in [5.41, 5.74) is 3.79. The van der Waals surface area contributed by atoms with Gasteiger partial charge in [0, 0.05) is 42.1 Å². The van der Waals surface area contributed by atoms with E-state index in [-0.39, 0.29) is 5.91 Å². The molecule has 6 nitrogen and oxygen atoms in total. The highest BCUT2D eigenvalue weighted by Gasteiger charge is 2.13. The number of carbonyl (C=O) groups excluding carboxylic acids is 1. The number of benzene rings is 1. The maximum absolute atomic E-state index is 12.5. The minimum absolute atomic E-state index is 0.228. The van der Waals surface area contributed by atoms with Gasteiger partial charge in [0.2, 0.25) is 0 Å². The SMILES string of the molecule is Cn1ccc2c(NC(=O)c3cc(-c4cccnc4)n[nH]3)cccc21. The third-order valence-corrected chi connectivity index (χ3v) is 3.96. The highest BCUT2D eigenvalue weighted by atomic mass is 16.1. The average molecular weight is 317 g/mol. The fourth-order valence-electron chi connectivity index (χ4n) is 2.70. The van der Waals surface area contributed by atoms with E-state index in [1.165, 1.54) is 0 Å². The number of pyridine rings is 1. The molecule has 0 radical (unpaired) electrons. The summed E-state index contributed by atoms with van der Waals surface area (Å²) in [6.07, 6.45) is 5.38. The zero-order valence-electron chi connectivity index (χ0n) is 13.0. The van der Waals surface area contributed by atoms with E-state index in [2.05, 4.69) is 20.5 Å². The summed E-state index contributed by atoms with van der Waals surface area (Å²) in [5.74, 6) is -0.228. The molecule has 4 rings (SSSR count). The lowest BCUT2D eigenvalue weighted by Gasteiger charge is -2.05. The second-order valence-corrected chi connectivity index (χ2v) is 5.53. The van der Waals surface area contributed by atoms with Crippen molar-refractivity contribution >= 4 is 22.5 Å². The van der Waals surface area contributed by atoms with E-state index in [0.29, 0.717) is 11.4 Å². The number of fused-ring (bicyclic) bond motifs is 1. The van der Waals surface area contributed by atoms with Gasteiger partial charge in [-0.05, 0) is 36.4 Å². The molecule has 0 unspecified atom stereocenters. The van der Waals surface area contributed by atoms with Crippen LogP contribution in [-0.2, 0) is 7.05 Å². The van der Waals surface area contributed by atoms with E-state index in [9.17, 15) is 4.79 Å². The molecule has 0 aliphatic heterocycles. The van der Waals surface area contributed by atoms with Crippen LogP contribution in [0.4, 0.5) is 5.69 Å². The number of anilines is 1. The number of rotatable bonds is 3. The average Bonchev–Trinajstić information content (AvgIpc) is 3.24. The lowest BCUT2D eigenvalue weighted by atomic mass is 10.2. The Bertz CT molecular complexity index is 1020. The Morgan fingerprint density at radius 1 is 1.21 bits per heavy atom. The Balaban J connectivity index is 1.61. The monoisotopic (exact) mass is 317 g/mol. The van der Waals surface area contributed by atoms with Crippen LogP contribution in [0.2, 0.25) is 0 Å². The van der Waals surface area contributed by atoms with Gasteiger partial charge in [-0.3, -0.25) is 14.9 Å². The van der Waals surface area contributed by atoms with Crippen LogP contribution in [0.25, 0.3) is 22.2 Å². The molecule has 118 valence electrons. The molecule has 0 spiro atoms. The van der Waals surface area contributed by atoms with Crippen molar-refractivity contribution in [3.05, 3.63) is 66.7 Å². The van der Waals surface area contributed by atoms with Crippen LogP contribution < -0.4 is 5.32 Å². The molecular weight excluding hydrogens is 302 g/mol. The molecule has 4 aromatic rings. The fraction of sp³-hybridized carbons (Fsp3) is 0.0556. The molecule has 0 fully saturated rings. The first-order valence-corrected chi connectivity index (χ1v) is 7.53. The Kier molecular flexibility index (Phi) is 3.35. The highest BCUT2D eigenvalue weighted by Crippen LogP contribution is 2.24. The molecule has 0 aliphatic carbocycles. The number of H-pyrrole nitrogens is 1. The van der Waals surface area contributed by atoms with E-state index >= 15 is 0 Å². The standard InChI is InChI=1S/C18H15N5O/c1-23-9-7-13-14(5-2-6-17(13)23)20-18(24)16-10-15(21-22-16)12-4-3-8-19-11-12/h2-11H,1H3,(H,20,24)(H,21,22). The number of amides is 1. The molecule has 3 aromatic heterocycles. The molecule has 0 atom stereocenters. The summed E-state index contributed by atoms with van der Waals surface area (Å²) in [7, 11) is 1.98. The third kappa shape index (κ3) is 2.44. The molecule has 0 saturated carbocycles. The van der Waals surface area contributed by atoms with E-state index in [0.717, 1.165) is 22.2 Å². The van der Waals surface area contributed by atoms with Crippen LogP contribution in [-0.4, -0.2) is 25.7 Å². The second-order valence-electron chi connectivity index (χ2n) is 5.53. The number of aryl methyl sites for hydroxylation is 1. The molecule has 1 amide bonds. The first-order valence-electron chi connectivity index (χ1n) is 7.53. The largest absolute Gasteiger partial charge is 0.350 e. The van der Waals surface area contributed by atoms with Gasteiger partial charge in [-0.25, -0.2) is 0 Å². The van der Waals surface area contributed by atoms with Crippen LogP contribution in [0, 0.1) is 0 Å². The molecule has 0 bridgehead atoms. The summed E-state index contributed by atoms with van der Waals surface area (Å²) in [6.45, 7) is 0. The maximum Gasteiger partial charge on any atom is 0.273 e. The van der Waals surface area contributed by atoms with Crippen molar-refractivity contribution in [2.24, 2.45) is 7.05 Å². The first-order chi connectivity index (χ1) is 11.7. The van der Waals surface area contributed by atoms with Crippen molar-refractivity contribution < 1.29 is 4.79 Å². The summed E-state index contributed by atoms with van der Waals surface area (Å²) < 4.78 is 2.02. The predicted octanol–water partition coefficient (Wildman–Crippen LogP) is 3.22. The van der Waals surface area contributed by atoms with E-state index in [4.69, 9.17) is 0 Å². The number of aromatic nitrogens is 4. The van der Waals surface area contributed by atoms with Crippen molar-refractivity contribution in [2.45, 2.75) is 0 Å². The Morgan fingerprint density at radius 2 is 2.12 bits per heavy atom. The Hall–Kier alpha value is -3.41. The molecule has 0 saturated heterocycles. The highest BCUT2D eigenvalue weighted by molar-refractivity contribution is 6.08. The van der Waals surface area contributed by atoms with Crippen molar-refractivity contribution in [2.75, 3.05) is 5.32 Å². The molecule has 3 heterocycles. The molecule has 2 N–H and O–H groups in total. The molecule has 6 heteroatoms. The van der Waals surface area contributed by atoms with Crippen LogP contribution in [0.5, 0.6) is 0 Å². The Labute approximate surface area is 138 Å². The Morgan fingerprint density at radius 3 is 2.96 bits per heavy atom. The van der Waals surface area contributed by atoms with Gasteiger partial charge in [0.15, 0.2) is 0 Å². The number of nitrogens with zero attached hydrogens (tertiary/aromatic N) is 3. The number of hydrogen-bond acceptors (Lipinski definition) is 3. The van der Waals surface area contributed by atoms with Gasteiger partial charge < -0.3 is 9.88 Å². The van der Waals surface area contributed by atoms with Crippen molar-refractivity contribution in [1.29, 1.82) is 0 Å². The van der Waals surface area contributed by atoms with E-state index in [1.54, 1.807) is 18.5 Å². The third-order valence-electron chi connectivity index (χ3n) is 3.96. The van der Waals surface area contributed by atoms with Gasteiger partial charge in [-0.1, -0.05) is 6.07 Å². The summed E-state index contributed by atoms with van der Waals surface area (Å²) in [6, 6.07) is 13.3. The maximum atomic E-state index is 12.5.